The molecule has 48 heavy (non-hydrogen) atoms. The van der Waals surface area contributed by atoms with Crippen LogP contribution >= 0.6 is 0 Å². The normalized spacial score (nSPS) is 17.8. The molecule has 2 aromatic carbocycles. The summed E-state index contributed by atoms with van der Waals surface area (Å²) in [5.41, 5.74) is 13.9. The van der Waals surface area contributed by atoms with Crippen molar-refractivity contribution in [1.82, 2.24) is 25.3 Å². The quantitative estimate of drug-likeness (QED) is 0.180. The summed E-state index contributed by atoms with van der Waals surface area (Å²) in [5.74, 6) is 0.177. The van der Waals surface area contributed by atoms with Gasteiger partial charge >= 0.3 is 18.4 Å². The predicted molar refractivity (Wildman–Crippen MR) is 166 cm³/mol. The molecule has 17 heteroatoms. The van der Waals surface area contributed by atoms with Gasteiger partial charge in [-0.1, -0.05) is 24.3 Å². The minimum atomic E-state index is -4.72. The molecule has 11 nitrogen and oxygen atoms in total. The second-order valence-electron chi connectivity index (χ2n) is 11.9. The van der Waals surface area contributed by atoms with E-state index in [4.69, 9.17) is 11.5 Å². The van der Waals surface area contributed by atoms with E-state index in [1.165, 1.54) is 30.6 Å². The Balaban J connectivity index is 0.000000206. The first-order valence-electron chi connectivity index (χ1n) is 15.3. The second-order valence-corrected chi connectivity index (χ2v) is 11.9. The third-order valence-corrected chi connectivity index (χ3v) is 9.06. The lowest BCUT2D eigenvalue weighted by Crippen LogP contribution is -2.47. The van der Waals surface area contributed by atoms with E-state index in [2.05, 4.69) is 34.7 Å². The van der Waals surface area contributed by atoms with Gasteiger partial charge in [-0.15, -0.1) is 26.3 Å². The fourth-order valence-corrected chi connectivity index (χ4v) is 6.37. The lowest BCUT2D eigenvalue weighted by Gasteiger charge is -2.42. The molecular formula is C31H36F6N8O3. The second kappa shape index (κ2) is 14.0. The highest BCUT2D eigenvalue weighted by Gasteiger charge is 2.37. The van der Waals surface area contributed by atoms with Gasteiger partial charge in [0.05, 0.1) is 0 Å². The highest BCUT2D eigenvalue weighted by molar-refractivity contribution is 5.82. The number of aromatic amines is 2. The van der Waals surface area contributed by atoms with Gasteiger partial charge in [0.15, 0.2) is 11.5 Å². The van der Waals surface area contributed by atoms with Crippen molar-refractivity contribution in [3.05, 3.63) is 76.5 Å². The third-order valence-electron chi connectivity index (χ3n) is 9.06. The molecule has 4 aromatic rings. The van der Waals surface area contributed by atoms with Crippen LogP contribution in [0, 0.1) is 0 Å². The SMILES string of the molecule is NCC1(c2ccc(OC(F)(F)F)cc2)CCN(c2ncnc3[nH]c(=O)[nH]c23)CC1.NCC1(c2ccc(OC(F)(F)F)cc2)CCNCC1. The Morgan fingerprint density at radius 1 is 0.729 bits per heavy atom. The molecule has 2 fully saturated rings. The summed E-state index contributed by atoms with van der Waals surface area (Å²) in [5, 5.41) is 3.26. The van der Waals surface area contributed by atoms with Crippen LogP contribution < -0.4 is 36.8 Å². The zero-order valence-corrected chi connectivity index (χ0v) is 25.8. The van der Waals surface area contributed by atoms with Gasteiger partial charge in [-0.2, -0.15) is 0 Å². The zero-order chi connectivity index (χ0) is 34.6. The van der Waals surface area contributed by atoms with Gasteiger partial charge in [0, 0.05) is 37.0 Å². The van der Waals surface area contributed by atoms with E-state index in [1.807, 2.05) is 4.90 Å². The lowest BCUT2D eigenvalue weighted by molar-refractivity contribution is -0.275. The number of hydrogen-bond donors (Lipinski definition) is 5. The van der Waals surface area contributed by atoms with Gasteiger partial charge in [0.25, 0.3) is 0 Å². The Morgan fingerprint density at radius 3 is 1.67 bits per heavy atom. The number of imidazole rings is 1. The Hall–Kier alpha value is -4.35. The molecule has 7 N–H and O–H groups in total. The summed E-state index contributed by atoms with van der Waals surface area (Å²) in [6, 6.07) is 11.9. The largest absolute Gasteiger partial charge is 0.573 e. The van der Waals surface area contributed by atoms with Crippen molar-refractivity contribution >= 4 is 17.0 Å². The van der Waals surface area contributed by atoms with E-state index in [9.17, 15) is 31.1 Å². The molecule has 2 aliphatic heterocycles. The minimum absolute atomic E-state index is 0.137. The van der Waals surface area contributed by atoms with Crippen LogP contribution in [0.3, 0.4) is 0 Å². The molecule has 0 amide bonds. The lowest BCUT2D eigenvalue weighted by atomic mass is 9.73. The zero-order valence-electron chi connectivity index (χ0n) is 25.8. The number of anilines is 1. The molecule has 0 atom stereocenters. The molecule has 0 radical (unpaired) electrons. The average Bonchev–Trinajstić information content (AvgIpc) is 3.45. The summed E-state index contributed by atoms with van der Waals surface area (Å²) in [6.07, 6.45) is -4.83. The van der Waals surface area contributed by atoms with Gasteiger partial charge < -0.3 is 36.1 Å². The molecule has 0 spiro atoms. The maximum absolute atomic E-state index is 12.4. The standard InChI is InChI=1S/C18H19F3N6O2.C13H17F3N2O/c19-18(20,21)29-12-3-1-11(2-4-12)17(9-22)5-7-27(8-6-17)15-13-14(23-10-24-15)26-16(28)25-13;14-13(15,16)19-11-3-1-10(2-4-11)12(9-17)5-7-18-8-6-12/h1-4,10H,5-9,22H2,(H2,23,24,25,26,28);1-4,18H,5-9,17H2. The van der Waals surface area contributed by atoms with E-state index < -0.39 is 12.7 Å². The number of aromatic nitrogens is 4. The molecule has 4 heterocycles. The highest BCUT2D eigenvalue weighted by Crippen LogP contribution is 2.38. The topological polar surface area (TPSA) is 160 Å². The van der Waals surface area contributed by atoms with E-state index in [0.717, 1.165) is 37.1 Å². The predicted octanol–water partition coefficient (Wildman–Crippen LogP) is 4.21. The first-order valence-corrected chi connectivity index (χ1v) is 15.3. The number of nitrogens with two attached hydrogens (primary N) is 2. The van der Waals surface area contributed by atoms with Crippen LogP contribution in [0.5, 0.6) is 11.5 Å². The fourth-order valence-electron chi connectivity index (χ4n) is 6.37. The Morgan fingerprint density at radius 2 is 1.21 bits per heavy atom. The number of nitrogens with one attached hydrogen (secondary N) is 3. The smallest absolute Gasteiger partial charge is 0.406 e. The van der Waals surface area contributed by atoms with Crippen LogP contribution in [0.25, 0.3) is 11.2 Å². The molecule has 0 aliphatic carbocycles. The molecule has 2 saturated heterocycles. The monoisotopic (exact) mass is 682 g/mol. The number of hydrogen-bond acceptors (Lipinski definition) is 9. The molecule has 2 aromatic heterocycles. The van der Waals surface area contributed by atoms with Gasteiger partial charge in [-0.05, 0) is 74.2 Å². The summed E-state index contributed by atoms with van der Waals surface area (Å²) in [6.45, 7) is 3.85. The average molecular weight is 683 g/mol. The summed E-state index contributed by atoms with van der Waals surface area (Å²) >= 11 is 0. The van der Waals surface area contributed by atoms with Crippen LogP contribution in [-0.2, 0) is 10.8 Å². The number of fused-ring (bicyclic) bond motifs is 1. The van der Waals surface area contributed by atoms with E-state index in [-0.39, 0.29) is 28.0 Å². The number of H-pyrrole nitrogens is 2. The van der Waals surface area contributed by atoms with Crippen molar-refractivity contribution in [3.63, 3.8) is 0 Å². The van der Waals surface area contributed by atoms with E-state index >= 15 is 0 Å². The molecule has 2 aliphatic rings. The Labute approximate surface area is 271 Å². The first kappa shape index (κ1) is 35.0. The van der Waals surface area contributed by atoms with Gasteiger partial charge in [0.2, 0.25) is 0 Å². The van der Waals surface area contributed by atoms with Crippen molar-refractivity contribution in [2.24, 2.45) is 11.5 Å². The van der Waals surface area contributed by atoms with Gasteiger partial charge in [0.1, 0.15) is 23.3 Å². The minimum Gasteiger partial charge on any atom is -0.406 e. The fraction of sp³-hybridized carbons (Fsp3) is 0.452. The van der Waals surface area contributed by atoms with Crippen LogP contribution in [0.4, 0.5) is 32.2 Å². The number of rotatable bonds is 7. The van der Waals surface area contributed by atoms with Crippen molar-refractivity contribution in [2.75, 3.05) is 44.2 Å². The Bertz CT molecular complexity index is 1690. The molecule has 260 valence electrons. The van der Waals surface area contributed by atoms with Crippen molar-refractivity contribution in [1.29, 1.82) is 0 Å². The number of ether oxygens (including phenoxy) is 2. The first-order chi connectivity index (χ1) is 22.7. The molecular weight excluding hydrogens is 646 g/mol. The van der Waals surface area contributed by atoms with Crippen LogP contribution in [0.2, 0.25) is 0 Å². The summed E-state index contributed by atoms with van der Waals surface area (Å²) < 4.78 is 81.2. The van der Waals surface area contributed by atoms with Gasteiger partial charge in [-0.3, -0.25) is 4.98 Å². The summed E-state index contributed by atoms with van der Waals surface area (Å²) in [7, 11) is 0. The number of nitrogens with zero attached hydrogens (tertiary/aromatic N) is 3. The maximum Gasteiger partial charge on any atom is 0.573 e. The van der Waals surface area contributed by atoms with Crippen molar-refractivity contribution < 1.29 is 35.8 Å². The Kier molecular flexibility index (Phi) is 10.2. The van der Waals surface area contributed by atoms with E-state index in [0.29, 0.717) is 56.0 Å². The highest BCUT2D eigenvalue weighted by atomic mass is 19.4. The van der Waals surface area contributed by atoms with Crippen LogP contribution in [-0.4, -0.2) is 71.9 Å². The molecule has 6 rings (SSSR count). The number of halogens is 6. The number of alkyl halides is 6. The molecule has 0 saturated carbocycles. The number of benzene rings is 2. The van der Waals surface area contributed by atoms with Gasteiger partial charge in [-0.25, -0.2) is 14.8 Å². The van der Waals surface area contributed by atoms with Crippen molar-refractivity contribution in [3.8, 4) is 11.5 Å². The van der Waals surface area contributed by atoms with Crippen LogP contribution in [0.1, 0.15) is 36.8 Å². The van der Waals surface area contributed by atoms with Crippen LogP contribution in [0.15, 0.2) is 59.7 Å². The summed E-state index contributed by atoms with van der Waals surface area (Å²) in [4.78, 5) is 27.3. The van der Waals surface area contributed by atoms with Crippen molar-refractivity contribution in [2.45, 2.75) is 49.2 Å². The molecule has 0 bridgehead atoms. The van der Waals surface area contributed by atoms with E-state index in [1.54, 1.807) is 24.3 Å². The third kappa shape index (κ3) is 8.19. The maximum atomic E-state index is 12.4. The number of piperidine rings is 2. The molecule has 0 unspecified atom stereocenters.